The van der Waals surface area contributed by atoms with Crippen molar-refractivity contribution in [1.29, 1.82) is 0 Å². The van der Waals surface area contributed by atoms with Crippen molar-refractivity contribution in [1.82, 2.24) is 14.7 Å². The molecule has 1 amide bonds. The number of hydrogen-bond acceptors (Lipinski definition) is 2. The zero-order valence-electron chi connectivity index (χ0n) is 11.3. The molecule has 2 aromatic rings. The molecule has 0 aliphatic carbocycles. The molecule has 2 heterocycles. The summed E-state index contributed by atoms with van der Waals surface area (Å²) in [5.74, 6) is 0. The molecular weight excluding hydrogens is 299 g/mol. The first-order valence-corrected chi connectivity index (χ1v) is 6.59. The first kappa shape index (κ1) is 14.4. The largest absolute Gasteiger partial charge is 0.465 e. The summed E-state index contributed by atoms with van der Waals surface area (Å²) in [4.78, 5) is 12.2. The lowest BCUT2D eigenvalue weighted by Crippen LogP contribution is -2.35. The molecule has 1 aromatic carbocycles. The second-order valence-corrected chi connectivity index (χ2v) is 4.97. The smallest absolute Gasteiger partial charge is 0.435 e. The Labute approximate surface area is 123 Å². The molecule has 1 aromatic heterocycles. The van der Waals surface area contributed by atoms with E-state index in [2.05, 4.69) is 5.10 Å². The first-order valence-electron chi connectivity index (χ1n) is 6.59. The summed E-state index contributed by atoms with van der Waals surface area (Å²) in [6.07, 6.45) is -5.71. The Balaban J connectivity index is 2.15. The molecule has 5 nitrogen and oxygen atoms in total. The number of nitrogens with zero attached hydrogens (tertiary/aromatic N) is 3. The van der Waals surface area contributed by atoms with Crippen LogP contribution in [0.2, 0.25) is 0 Å². The highest BCUT2D eigenvalue weighted by atomic mass is 19.4. The fraction of sp³-hybridized carbons (Fsp3) is 0.286. The molecule has 3 rings (SSSR count). The summed E-state index contributed by atoms with van der Waals surface area (Å²) < 4.78 is 40.7. The van der Waals surface area contributed by atoms with Gasteiger partial charge in [-0.15, -0.1) is 0 Å². The van der Waals surface area contributed by atoms with Gasteiger partial charge in [0.05, 0.1) is 17.9 Å². The van der Waals surface area contributed by atoms with Gasteiger partial charge in [0.2, 0.25) is 0 Å². The Bertz CT molecular complexity index is 710. The summed E-state index contributed by atoms with van der Waals surface area (Å²) in [5.41, 5.74) is -0.112. The third kappa shape index (κ3) is 2.40. The van der Waals surface area contributed by atoms with Crippen LogP contribution in [0.4, 0.5) is 18.0 Å². The van der Waals surface area contributed by atoms with E-state index in [1.54, 1.807) is 30.3 Å². The minimum absolute atomic E-state index is 0.00328. The van der Waals surface area contributed by atoms with E-state index in [1.165, 1.54) is 4.68 Å². The summed E-state index contributed by atoms with van der Waals surface area (Å²) in [5, 5.41) is 12.8. The van der Waals surface area contributed by atoms with Crippen molar-refractivity contribution < 1.29 is 23.1 Å². The zero-order valence-corrected chi connectivity index (χ0v) is 11.3. The second kappa shape index (κ2) is 5.04. The SMILES string of the molecule is O=C(O)N1CCc2c(C(F)(F)F)nn(-c3ccccc3)c2C1. The van der Waals surface area contributed by atoms with Gasteiger partial charge >= 0.3 is 12.3 Å². The molecule has 0 atom stereocenters. The van der Waals surface area contributed by atoms with Crippen LogP contribution in [-0.2, 0) is 19.1 Å². The van der Waals surface area contributed by atoms with Crippen LogP contribution >= 0.6 is 0 Å². The zero-order chi connectivity index (χ0) is 15.9. The Morgan fingerprint density at radius 3 is 2.50 bits per heavy atom. The number of halogens is 3. The van der Waals surface area contributed by atoms with Crippen molar-refractivity contribution in [2.24, 2.45) is 0 Å². The normalized spacial score (nSPS) is 14.8. The average molecular weight is 311 g/mol. The fourth-order valence-corrected chi connectivity index (χ4v) is 2.59. The molecular formula is C14H12F3N3O2. The van der Waals surface area contributed by atoms with Gasteiger partial charge in [0.1, 0.15) is 0 Å². The highest BCUT2D eigenvalue weighted by Crippen LogP contribution is 2.35. The summed E-state index contributed by atoms with van der Waals surface area (Å²) in [6, 6.07) is 8.39. The van der Waals surface area contributed by atoms with E-state index in [4.69, 9.17) is 5.11 Å². The third-order valence-electron chi connectivity index (χ3n) is 3.60. The lowest BCUT2D eigenvalue weighted by Gasteiger charge is -2.25. The Kier molecular flexibility index (Phi) is 3.31. The second-order valence-electron chi connectivity index (χ2n) is 4.97. The Morgan fingerprint density at radius 2 is 1.91 bits per heavy atom. The third-order valence-corrected chi connectivity index (χ3v) is 3.60. The van der Waals surface area contributed by atoms with Gasteiger partial charge in [-0.1, -0.05) is 18.2 Å². The number of para-hydroxylation sites is 1. The van der Waals surface area contributed by atoms with Crippen molar-refractivity contribution in [3.05, 3.63) is 47.3 Å². The van der Waals surface area contributed by atoms with Gasteiger partial charge in [-0.3, -0.25) is 0 Å². The molecule has 0 radical (unpaired) electrons. The number of alkyl halides is 3. The van der Waals surface area contributed by atoms with E-state index in [9.17, 15) is 18.0 Å². The highest BCUT2D eigenvalue weighted by Gasteiger charge is 2.41. The highest BCUT2D eigenvalue weighted by molar-refractivity contribution is 5.65. The van der Waals surface area contributed by atoms with Crippen molar-refractivity contribution in [2.45, 2.75) is 19.1 Å². The molecule has 0 saturated carbocycles. The molecule has 0 unspecified atom stereocenters. The van der Waals surface area contributed by atoms with Crippen molar-refractivity contribution in [2.75, 3.05) is 6.54 Å². The molecule has 0 saturated heterocycles. The minimum Gasteiger partial charge on any atom is -0.465 e. The van der Waals surface area contributed by atoms with E-state index in [0.29, 0.717) is 5.69 Å². The predicted octanol–water partition coefficient (Wildman–Crippen LogP) is 2.93. The predicted molar refractivity (Wildman–Crippen MR) is 70.7 cm³/mol. The van der Waals surface area contributed by atoms with E-state index in [-0.39, 0.29) is 30.8 Å². The molecule has 0 spiro atoms. The lowest BCUT2D eigenvalue weighted by atomic mass is 10.0. The summed E-state index contributed by atoms with van der Waals surface area (Å²) in [6.45, 7) is -0.0749. The number of carboxylic acid groups (broad SMARTS) is 1. The molecule has 1 aliphatic rings. The van der Waals surface area contributed by atoms with Crippen molar-refractivity contribution >= 4 is 6.09 Å². The van der Waals surface area contributed by atoms with Gasteiger partial charge in [-0.2, -0.15) is 18.3 Å². The van der Waals surface area contributed by atoms with Crippen LogP contribution in [-0.4, -0.2) is 32.4 Å². The standard InChI is InChI=1S/C14H12F3N3O2/c15-14(16,17)12-10-6-7-19(13(21)22)8-11(10)20(18-12)9-4-2-1-3-5-9/h1-5H,6-8H2,(H,21,22). The minimum atomic E-state index is -4.56. The van der Waals surface area contributed by atoms with Crippen molar-refractivity contribution in [3.8, 4) is 5.69 Å². The molecule has 0 fully saturated rings. The van der Waals surface area contributed by atoms with Crippen LogP contribution in [0.25, 0.3) is 5.69 Å². The van der Waals surface area contributed by atoms with Crippen LogP contribution in [0.1, 0.15) is 17.0 Å². The van der Waals surface area contributed by atoms with Gasteiger partial charge in [-0.05, 0) is 18.6 Å². The number of hydrogen-bond donors (Lipinski definition) is 1. The molecule has 1 aliphatic heterocycles. The van der Waals surface area contributed by atoms with Gasteiger partial charge in [0.25, 0.3) is 0 Å². The quantitative estimate of drug-likeness (QED) is 0.881. The van der Waals surface area contributed by atoms with Crippen LogP contribution in [0.3, 0.4) is 0 Å². The van der Waals surface area contributed by atoms with Crippen molar-refractivity contribution in [3.63, 3.8) is 0 Å². The molecule has 1 N–H and O–H groups in total. The van der Waals surface area contributed by atoms with E-state index < -0.39 is 18.0 Å². The Hall–Kier alpha value is -2.51. The van der Waals surface area contributed by atoms with Gasteiger partial charge in [0, 0.05) is 12.1 Å². The number of carbonyl (C=O) groups is 1. The topological polar surface area (TPSA) is 58.4 Å². The molecule has 8 heteroatoms. The average Bonchev–Trinajstić information content (AvgIpc) is 2.86. The van der Waals surface area contributed by atoms with Crippen LogP contribution in [0.5, 0.6) is 0 Å². The van der Waals surface area contributed by atoms with Gasteiger partial charge < -0.3 is 10.0 Å². The molecule has 22 heavy (non-hydrogen) atoms. The fourth-order valence-electron chi connectivity index (χ4n) is 2.59. The van der Waals surface area contributed by atoms with E-state index >= 15 is 0 Å². The van der Waals surface area contributed by atoms with E-state index in [1.807, 2.05) is 0 Å². The lowest BCUT2D eigenvalue weighted by molar-refractivity contribution is -0.142. The molecule has 116 valence electrons. The number of benzene rings is 1. The van der Waals surface area contributed by atoms with Crippen LogP contribution in [0.15, 0.2) is 30.3 Å². The molecule has 0 bridgehead atoms. The Morgan fingerprint density at radius 1 is 1.23 bits per heavy atom. The summed E-state index contributed by atoms with van der Waals surface area (Å²) >= 11 is 0. The van der Waals surface area contributed by atoms with Crippen LogP contribution in [0, 0.1) is 0 Å². The monoisotopic (exact) mass is 311 g/mol. The number of aromatic nitrogens is 2. The summed E-state index contributed by atoms with van der Waals surface area (Å²) in [7, 11) is 0. The maximum atomic E-state index is 13.2. The number of fused-ring (bicyclic) bond motifs is 1. The maximum Gasteiger partial charge on any atom is 0.435 e. The number of amides is 1. The van der Waals surface area contributed by atoms with Gasteiger partial charge in [0.15, 0.2) is 5.69 Å². The van der Waals surface area contributed by atoms with Gasteiger partial charge in [-0.25, -0.2) is 9.48 Å². The number of rotatable bonds is 1. The van der Waals surface area contributed by atoms with Crippen LogP contribution < -0.4 is 0 Å². The first-order chi connectivity index (χ1) is 10.4. The van der Waals surface area contributed by atoms with E-state index in [0.717, 1.165) is 4.90 Å². The maximum absolute atomic E-state index is 13.2.